The van der Waals surface area contributed by atoms with E-state index in [1.807, 2.05) is 13.8 Å². The first kappa shape index (κ1) is 19.9. The Bertz CT molecular complexity index is 774. The topological polar surface area (TPSA) is 80.5 Å². The zero-order valence-electron chi connectivity index (χ0n) is 15.4. The lowest BCUT2D eigenvalue weighted by Gasteiger charge is -2.21. The van der Waals surface area contributed by atoms with Crippen LogP contribution in [0.15, 0.2) is 36.5 Å². The van der Waals surface area contributed by atoms with Crippen LogP contribution in [0.2, 0.25) is 5.02 Å². The fourth-order valence-corrected chi connectivity index (χ4v) is 2.63. The molecule has 0 aliphatic rings. The van der Waals surface area contributed by atoms with Gasteiger partial charge in [0.2, 0.25) is 0 Å². The van der Waals surface area contributed by atoms with Gasteiger partial charge in [-0.05, 0) is 32.9 Å². The highest BCUT2D eigenvalue weighted by Gasteiger charge is 2.25. The summed E-state index contributed by atoms with van der Waals surface area (Å²) in [6.45, 7) is 5.90. The van der Waals surface area contributed by atoms with Crippen LogP contribution in [0.3, 0.4) is 0 Å². The fraction of sp³-hybridized carbons (Fsp3) is 0.389. The Morgan fingerprint density at radius 1 is 1.19 bits per heavy atom. The zero-order valence-corrected chi connectivity index (χ0v) is 16.2. The number of hydrogen-bond acceptors (Lipinski definition) is 3. The summed E-state index contributed by atoms with van der Waals surface area (Å²) in [5, 5.41) is 10.3. The number of benzene rings is 1. The zero-order chi connectivity index (χ0) is 19.3. The van der Waals surface area contributed by atoms with Gasteiger partial charge in [0.25, 0.3) is 11.8 Å². The Balaban J connectivity index is 1.92. The second-order valence-corrected chi connectivity index (χ2v) is 6.92. The van der Waals surface area contributed by atoms with Gasteiger partial charge in [0.05, 0.1) is 24.0 Å². The summed E-state index contributed by atoms with van der Waals surface area (Å²) >= 11 is 6.04. The third-order valence-corrected chi connectivity index (χ3v) is 4.46. The molecule has 0 aliphatic heterocycles. The summed E-state index contributed by atoms with van der Waals surface area (Å²) in [6, 6.07) is 8.52. The van der Waals surface area contributed by atoms with Gasteiger partial charge < -0.3 is 15.5 Å². The van der Waals surface area contributed by atoms with Crippen molar-refractivity contribution in [3.63, 3.8) is 0 Å². The summed E-state index contributed by atoms with van der Waals surface area (Å²) in [4.78, 5) is 25.5. The molecular formula is C18H25ClN5O2+. The van der Waals surface area contributed by atoms with Gasteiger partial charge in [-0.2, -0.15) is 5.10 Å². The van der Waals surface area contributed by atoms with Gasteiger partial charge in [-0.15, -0.1) is 0 Å². The minimum atomic E-state index is -0.414. The maximum absolute atomic E-state index is 12.5. The average Bonchev–Trinajstić information content (AvgIpc) is 3.04. The molecular weight excluding hydrogens is 354 g/mol. The smallest absolute Gasteiger partial charge is 0.283 e. The van der Waals surface area contributed by atoms with E-state index in [4.69, 9.17) is 11.6 Å². The molecule has 7 nitrogen and oxygen atoms in total. The number of carbonyl (C=O) groups is 2. The number of likely N-dealkylation sites (N-methyl/N-ethyl adjacent to an activating group) is 1. The molecule has 0 saturated carbocycles. The normalized spacial score (nSPS) is 13.3. The lowest BCUT2D eigenvalue weighted by Crippen LogP contribution is -3.14. The van der Waals surface area contributed by atoms with Crippen LogP contribution >= 0.6 is 11.6 Å². The number of nitrogens with one attached hydrogen (secondary N) is 3. The van der Waals surface area contributed by atoms with Crippen LogP contribution in [0.25, 0.3) is 0 Å². The van der Waals surface area contributed by atoms with Gasteiger partial charge in [-0.3, -0.25) is 9.59 Å². The second-order valence-electron chi connectivity index (χ2n) is 6.52. The molecule has 1 heterocycles. The highest BCUT2D eigenvalue weighted by atomic mass is 35.5. The molecule has 1 aromatic heterocycles. The summed E-state index contributed by atoms with van der Waals surface area (Å²) in [7, 11) is 1.80. The van der Waals surface area contributed by atoms with Crippen LogP contribution < -0.4 is 15.5 Å². The van der Waals surface area contributed by atoms with E-state index in [-0.39, 0.29) is 24.4 Å². The number of anilines is 2. The van der Waals surface area contributed by atoms with Crippen molar-refractivity contribution in [3.8, 4) is 0 Å². The molecule has 2 amide bonds. The minimum Gasteiger partial charge on any atom is -0.320 e. The average molecular weight is 379 g/mol. The Hall–Kier alpha value is -2.38. The van der Waals surface area contributed by atoms with Gasteiger partial charge >= 0.3 is 0 Å². The quantitative estimate of drug-likeness (QED) is 0.684. The van der Waals surface area contributed by atoms with Crippen LogP contribution in [-0.2, 0) is 9.59 Å². The molecule has 8 heteroatoms. The maximum atomic E-state index is 12.5. The number of carbonyl (C=O) groups excluding carboxylic acids is 2. The summed E-state index contributed by atoms with van der Waals surface area (Å²) in [5.74, 6) is 0.267. The molecule has 0 aliphatic carbocycles. The van der Waals surface area contributed by atoms with E-state index in [0.717, 1.165) is 4.90 Å². The summed E-state index contributed by atoms with van der Waals surface area (Å²) in [5.41, 5.74) is 0.560. The maximum Gasteiger partial charge on any atom is 0.283 e. The number of halogens is 1. The van der Waals surface area contributed by atoms with Crippen molar-refractivity contribution in [2.24, 2.45) is 0 Å². The Morgan fingerprint density at radius 3 is 2.54 bits per heavy atom. The van der Waals surface area contributed by atoms with Gasteiger partial charge in [0, 0.05) is 12.1 Å². The molecule has 0 spiro atoms. The van der Waals surface area contributed by atoms with Gasteiger partial charge in [0.1, 0.15) is 5.82 Å². The third-order valence-electron chi connectivity index (χ3n) is 4.13. The van der Waals surface area contributed by atoms with Crippen molar-refractivity contribution in [1.82, 2.24) is 9.78 Å². The Labute approximate surface area is 158 Å². The van der Waals surface area contributed by atoms with Crippen molar-refractivity contribution in [1.29, 1.82) is 0 Å². The van der Waals surface area contributed by atoms with E-state index < -0.39 is 6.04 Å². The van der Waals surface area contributed by atoms with E-state index in [2.05, 4.69) is 15.7 Å². The molecule has 26 heavy (non-hydrogen) atoms. The predicted molar refractivity (Wildman–Crippen MR) is 103 cm³/mol. The third kappa shape index (κ3) is 5.06. The molecule has 3 N–H and O–H groups in total. The molecule has 0 radical (unpaired) electrons. The first-order chi connectivity index (χ1) is 12.3. The van der Waals surface area contributed by atoms with Crippen LogP contribution in [0.1, 0.15) is 26.8 Å². The number of rotatable bonds is 7. The van der Waals surface area contributed by atoms with E-state index >= 15 is 0 Å². The first-order valence-corrected chi connectivity index (χ1v) is 8.88. The SMILES string of the molecule is CC(C)n1nccc1NC(=O)[C@H](C)[NH+](C)CC(=O)Nc1ccccc1Cl. The molecule has 2 aromatic rings. The molecule has 1 unspecified atom stereocenters. The van der Waals surface area contributed by atoms with Crippen molar-refractivity contribution in [3.05, 3.63) is 41.6 Å². The number of amides is 2. The number of aromatic nitrogens is 2. The highest BCUT2D eigenvalue weighted by molar-refractivity contribution is 6.33. The Morgan fingerprint density at radius 2 is 1.88 bits per heavy atom. The largest absolute Gasteiger partial charge is 0.320 e. The molecule has 0 saturated heterocycles. The number of hydrogen-bond donors (Lipinski definition) is 3. The van der Waals surface area contributed by atoms with Gasteiger partial charge in [-0.1, -0.05) is 23.7 Å². The Kier molecular flexibility index (Phi) is 6.76. The van der Waals surface area contributed by atoms with Crippen molar-refractivity contribution in [2.45, 2.75) is 32.9 Å². The van der Waals surface area contributed by atoms with Gasteiger partial charge in [-0.25, -0.2) is 4.68 Å². The van der Waals surface area contributed by atoms with Gasteiger partial charge in [0.15, 0.2) is 12.6 Å². The summed E-state index contributed by atoms with van der Waals surface area (Å²) in [6.07, 6.45) is 1.65. The second kappa shape index (κ2) is 8.82. The van der Waals surface area contributed by atoms with Crippen LogP contribution in [0, 0.1) is 0 Å². The monoisotopic (exact) mass is 378 g/mol. The minimum absolute atomic E-state index is 0.141. The van der Waals surface area contributed by atoms with Crippen LogP contribution in [-0.4, -0.2) is 41.2 Å². The fourth-order valence-electron chi connectivity index (χ4n) is 2.45. The van der Waals surface area contributed by atoms with E-state index in [9.17, 15) is 9.59 Å². The molecule has 1 aromatic carbocycles. The molecule has 0 bridgehead atoms. The van der Waals surface area contributed by atoms with E-state index in [0.29, 0.717) is 16.5 Å². The number of quaternary nitrogens is 1. The van der Waals surface area contributed by atoms with E-state index in [1.165, 1.54) is 0 Å². The van der Waals surface area contributed by atoms with Crippen molar-refractivity contribution < 1.29 is 14.5 Å². The van der Waals surface area contributed by atoms with Crippen molar-refractivity contribution in [2.75, 3.05) is 24.2 Å². The molecule has 2 rings (SSSR count). The lowest BCUT2D eigenvalue weighted by molar-refractivity contribution is -0.885. The number of para-hydroxylation sites is 1. The first-order valence-electron chi connectivity index (χ1n) is 8.50. The number of nitrogens with zero attached hydrogens (tertiary/aromatic N) is 2. The van der Waals surface area contributed by atoms with Crippen LogP contribution in [0.4, 0.5) is 11.5 Å². The molecule has 0 fully saturated rings. The summed E-state index contributed by atoms with van der Waals surface area (Å²) < 4.78 is 1.74. The van der Waals surface area contributed by atoms with E-state index in [1.54, 1.807) is 55.2 Å². The standard InChI is InChI=1S/C18H24ClN5O2/c1-12(2)24-16(9-10-20-24)22-18(26)13(3)23(4)11-17(25)21-15-8-6-5-7-14(15)19/h5-10,12-13H,11H2,1-4H3,(H,21,25)(H,22,26)/p+1/t13-/m0/s1. The predicted octanol–water partition coefficient (Wildman–Crippen LogP) is 1.60. The highest BCUT2D eigenvalue weighted by Crippen LogP contribution is 2.19. The van der Waals surface area contributed by atoms with Crippen molar-refractivity contribution >= 4 is 34.9 Å². The van der Waals surface area contributed by atoms with Crippen LogP contribution in [0.5, 0.6) is 0 Å². The lowest BCUT2D eigenvalue weighted by atomic mass is 10.2. The molecule has 140 valence electrons. The molecule has 2 atom stereocenters.